The van der Waals surface area contributed by atoms with Crippen LogP contribution in [0.1, 0.15) is 34.6 Å². The molecule has 1 unspecified atom stereocenters. The van der Waals surface area contributed by atoms with Gasteiger partial charge in [-0.05, 0) is 38.1 Å². The number of para-hydroxylation sites is 1. The summed E-state index contributed by atoms with van der Waals surface area (Å²) in [5.41, 5.74) is 2.59. The van der Waals surface area contributed by atoms with Crippen molar-refractivity contribution in [3.63, 3.8) is 0 Å². The number of carbonyl (C=O) groups excluding carboxylic acids is 1. The predicted octanol–water partition coefficient (Wildman–Crippen LogP) is 2.72. The third-order valence-corrected chi connectivity index (χ3v) is 6.43. The molecule has 1 atom stereocenters. The minimum atomic E-state index is -3.95. The first-order valence-electron chi connectivity index (χ1n) is 10.0. The molecular formula is C22H25N3O5S. The summed E-state index contributed by atoms with van der Waals surface area (Å²) in [6.07, 6.45) is 0. The molecule has 0 bridgehead atoms. The van der Waals surface area contributed by atoms with E-state index in [1.165, 1.54) is 12.1 Å². The largest absolute Gasteiger partial charge is 0.459 e. The second-order valence-corrected chi connectivity index (χ2v) is 9.17. The molecule has 1 aliphatic heterocycles. The number of nitrogens with one attached hydrogen (secondary N) is 1. The first-order valence-corrected chi connectivity index (χ1v) is 11.6. The summed E-state index contributed by atoms with van der Waals surface area (Å²) in [5, 5.41) is 9.24. The van der Waals surface area contributed by atoms with Crippen LogP contribution in [-0.4, -0.2) is 40.6 Å². The van der Waals surface area contributed by atoms with E-state index >= 15 is 0 Å². The lowest BCUT2D eigenvalue weighted by molar-refractivity contribution is 0.0934. The molecule has 31 heavy (non-hydrogen) atoms. The van der Waals surface area contributed by atoms with E-state index in [4.69, 9.17) is 14.3 Å². The molecule has 2 heterocycles. The van der Waals surface area contributed by atoms with E-state index in [2.05, 4.69) is 5.32 Å². The lowest BCUT2D eigenvalue weighted by Crippen LogP contribution is -2.38. The van der Waals surface area contributed by atoms with E-state index < -0.39 is 22.0 Å². The number of amides is 1. The van der Waals surface area contributed by atoms with Crippen molar-refractivity contribution >= 4 is 32.6 Å². The lowest BCUT2D eigenvalue weighted by atomic mass is 10.1. The average Bonchev–Trinajstić information content (AvgIpc) is 3.10. The number of ether oxygens (including phenoxy) is 1. The zero-order valence-electron chi connectivity index (χ0n) is 17.4. The highest BCUT2D eigenvalue weighted by Crippen LogP contribution is 2.30. The summed E-state index contributed by atoms with van der Waals surface area (Å²) in [4.78, 5) is 15.1. The number of hydrogen-bond acceptors (Lipinski definition) is 6. The van der Waals surface area contributed by atoms with Crippen LogP contribution in [-0.2, 0) is 14.8 Å². The van der Waals surface area contributed by atoms with Crippen LogP contribution < -0.4 is 15.4 Å². The molecule has 3 N–H and O–H groups in total. The number of sulfonamides is 1. The van der Waals surface area contributed by atoms with Gasteiger partial charge in [0.25, 0.3) is 5.91 Å². The number of furan rings is 1. The Kier molecular flexibility index (Phi) is 5.74. The number of anilines is 1. The number of morpholine rings is 1. The average molecular weight is 444 g/mol. The molecule has 1 saturated heterocycles. The van der Waals surface area contributed by atoms with Crippen LogP contribution >= 0.6 is 0 Å². The van der Waals surface area contributed by atoms with Gasteiger partial charge in [0.15, 0.2) is 0 Å². The van der Waals surface area contributed by atoms with Gasteiger partial charge in [-0.3, -0.25) is 4.79 Å². The summed E-state index contributed by atoms with van der Waals surface area (Å²) in [6, 6.07) is 11.6. The Hall–Kier alpha value is -2.88. The number of nitrogens with two attached hydrogens (primary N) is 1. The van der Waals surface area contributed by atoms with Crippen LogP contribution in [0.25, 0.3) is 11.0 Å². The molecule has 1 amide bonds. The highest BCUT2D eigenvalue weighted by atomic mass is 32.2. The highest BCUT2D eigenvalue weighted by molar-refractivity contribution is 7.89. The highest BCUT2D eigenvalue weighted by Gasteiger charge is 2.24. The van der Waals surface area contributed by atoms with Gasteiger partial charge in [-0.2, -0.15) is 0 Å². The fourth-order valence-corrected chi connectivity index (χ4v) is 4.44. The van der Waals surface area contributed by atoms with Crippen LogP contribution in [0.2, 0.25) is 0 Å². The Morgan fingerprint density at radius 1 is 1.16 bits per heavy atom. The Bertz CT molecular complexity index is 1230. The van der Waals surface area contributed by atoms with Crippen molar-refractivity contribution in [1.29, 1.82) is 0 Å². The second kappa shape index (κ2) is 8.33. The number of benzene rings is 2. The smallest absolute Gasteiger partial charge is 0.254 e. The van der Waals surface area contributed by atoms with E-state index in [1.54, 1.807) is 6.07 Å². The van der Waals surface area contributed by atoms with Crippen molar-refractivity contribution in [1.82, 2.24) is 5.32 Å². The van der Waals surface area contributed by atoms with Gasteiger partial charge < -0.3 is 19.4 Å². The van der Waals surface area contributed by atoms with Gasteiger partial charge in [-0.25, -0.2) is 13.6 Å². The Morgan fingerprint density at radius 3 is 2.55 bits per heavy atom. The molecule has 8 nitrogen and oxygen atoms in total. The number of hydrogen-bond donors (Lipinski definition) is 2. The van der Waals surface area contributed by atoms with Gasteiger partial charge in [0, 0.05) is 29.7 Å². The topological polar surface area (TPSA) is 115 Å². The maximum Gasteiger partial charge on any atom is 0.254 e. The number of carbonyl (C=O) groups is 1. The Balaban J connectivity index is 1.67. The number of aryl methyl sites for hydroxylation is 1. The molecule has 1 aliphatic rings. The van der Waals surface area contributed by atoms with Crippen LogP contribution in [0.15, 0.2) is 51.8 Å². The molecule has 3 aromatic rings. The van der Waals surface area contributed by atoms with Gasteiger partial charge in [0.1, 0.15) is 11.3 Å². The summed E-state index contributed by atoms with van der Waals surface area (Å²) in [5.74, 6) is 0.254. The van der Waals surface area contributed by atoms with E-state index in [0.717, 1.165) is 16.5 Å². The lowest BCUT2D eigenvalue weighted by Gasteiger charge is -2.30. The van der Waals surface area contributed by atoms with Crippen LogP contribution in [0.4, 0.5) is 5.69 Å². The summed E-state index contributed by atoms with van der Waals surface area (Å²) in [7, 11) is -3.95. The van der Waals surface area contributed by atoms with Gasteiger partial charge >= 0.3 is 0 Å². The van der Waals surface area contributed by atoms with Crippen molar-refractivity contribution < 1.29 is 22.4 Å². The summed E-state index contributed by atoms with van der Waals surface area (Å²) in [6.45, 7) is 6.06. The fourth-order valence-electron chi connectivity index (χ4n) is 3.90. The predicted molar refractivity (Wildman–Crippen MR) is 118 cm³/mol. The summed E-state index contributed by atoms with van der Waals surface area (Å²) >= 11 is 0. The van der Waals surface area contributed by atoms with Crippen LogP contribution in [0.3, 0.4) is 0 Å². The molecule has 0 radical (unpaired) electrons. The molecule has 0 aliphatic carbocycles. The Labute approximate surface area is 181 Å². The van der Waals surface area contributed by atoms with Crippen molar-refractivity contribution in [3.05, 3.63) is 59.4 Å². The zero-order chi connectivity index (χ0) is 22.2. The van der Waals surface area contributed by atoms with Gasteiger partial charge in [0.2, 0.25) is 10.0 Å². The van der Waals surface area contributed by atoms with Crippen molar-refractivity contribution in [2.75, 3.05) is 31.2 Å². The van der Waals surface area contributed by atoms with Crippen molar-refractivity contribution in [2.24, 2.45) is 5.14 Å². The molecule has 9 heteroatoms. The molecule has 4 rings (SSSR count). The van der Waals surface area contributed by atoms with E-state index in [1.807, 2.05) is 43.0 Å². The van der Waals surface area contributed by atoms with Crippen LogP contribution in [0, 0.1) is 6.92 Å². The SMILES string of the molecule is Cc1c(C(C)NC(=O)c2cc(S(N)(=O)=O)ccc2N2CCOCC2)oc2ccccc12. The van der Waals surface area contributed by atoms with E-state index in [0.29, 0.717) is 37.8 Å². The van der Waals surface area contributed by atoms with Crippen molar-refractivity contribution in [2.45, 2.75) is 24.8 Å². The van der Waals surface area contributed by atoms with Gasteiger partial charge in [-0.1, -0.05) is 18.2 Å². The first kappa shape index (κ1) is 21.4. The maximum atomic E-state index is 13.3. The van der Waals surface area contributed by atoms with Gasteiger partial charge in [0.05, 0.1) is 29.7 Å². The minimum absolute atomic E-state index is 0.109. The minimum Gasteiger partial charge on any atom is -0.459 e. The van der Waals surface area contributed by atoms with Crippen molar-refractivity contribution in [3.8, 4) is 0 Å². The molecule has 164 valence electrons. The maximum absolute atomic E-state index is 13.3. The molecule has 1 fully saturated rings. The Morgan fingerprint density at radius 2 is 1.87 bits per heavy atom. The van der Waals surface area contributed by atoms with Gasteiger partial charge in [-0.15, -0.1) is 0 Å². The second-order valence-electron chi connectivity index (χ2n) is 7.61. The number of fused-ring (bicyclic) bond motifs is 1. The van der Waals surface area contributed by atoms with E-state index in [-0.39, 0.29) is 10.5 Å². The third-order valence-electron chi connectivity index (χ3n) is 5.51. The first-order chi connectivity index (χ1) is 14.8. The zero-order valence-corrected chi connectivity index (χ0v) is 18.2. The standard InChI is InChI=1S/C22H25N3O5S/c1-14-17-5-3-4-6-20(17)30-21(14)15(2)24-22(26)18-13-16(31(23,27)28)7-8-19(18)25-9-11-29-12-10-25/h3-8,13,15H,9-12H2,1-2H3,(H,24,26)(H2,23,27,28). The molecule has 1 aromatic heterocycles. The molecular weight excluding hydrogens is 418 g/mol. The number of primary sulfonamides is 1. The van der Waals surface area contributed by atoms with Crippen LogP contribution in [0.5, 0.6) is 0 Å². The normalized spacial score (nSPS) is 15.8. The third kappa shape index (κ3) is 4.30. The fraction of sp³-hybridized carbons (Fsp3) is 0.318. The monoisotopic (exact) mass is 443 g/mol. The molecule has 0 saturated carbocycles. The summed E-state index contributed by atoms with van der Waals surface area (Å²) < 4.78 is 35.1. The molecule has 0 spiro atoms. The van der Waals surface area contributed by atoms with E-state index in [9.17, 15) is 13.2 Å². The number of nitrogens with zero attached hydrogens (tertiary/aromatic N) is 1. The molecule has 2 aromatic carbocycles. The number of rotatable bonds is 5. The quantitative estimate of drug-likeness (QED) is 0.627.